The molecule has 0 spiro atoms. The number of carbonyl (C=O) groups is 2. The van der Waals surface area contributed by atoms with Gasteiger partial charge in [-0.2, -0.15) is 0 Å². The van der Waals surface area contributed by atoms with Gasteiger partial charge in [0.05, 0.1) is 6.61 Å². The van der Waals surface area contributed by atoms with E-state index in [1.165, 1.54) is 26.5 Å². The summed E-state index contributed by atoms with van der Waals surface area (Å²) in [7, 11) is 6.29. The fourth-order valence-electron chi connectivity index (χ4n) is 1.07. The molecule has 156 valence electrons. The van der Waals surface area contributed by atoms with E-state index in [0.29, 0.717) is 19.7 Å². The maximum atomic E-state index is 10.7. The number of nitrogens with one attached hydrogen (secondary N) is 1. The zero-order valence-corrected chi connectivity index (χ0v) is 17.5. The fraction of sp³-hybridized carbons (Fsp3) is 0.733. The molecular weight excluding hydrogens is 367 g/mol. The minimum Gasteiger partial charge on any atom is -0.379 e. The standard InChI is InChI=1S/C7H12N2O3.C6H15O5P.C2H6/c1-9(6-12-2)4-3-7(11)8-5-10;1-8-4-6(9-2)11-5-12(7)10-3;1-2/h3-5H,6H2,1-2H3,(H,8,10,11);6-7H,4-5H2,1-3H3;1-2H3/b4-3-;;. The van der Waals surface area contributed by atoms with E-state index < -0.39 is 20.6 Å². The molecule has 11 heteroatoms. The van der Waals surface area contributed by atoms with Crippen molar-refractivity contribution in [2.45, 2.75) is 20.1 Å². The second-order valence-corrected chi connectivity index (χ2v) is 5.40. The van der Waals surface area contributed by atoms with Crippen LogP contribution in [-0.2, 0) is 33.1 Å². The van der Waals surface area contributed by atoms with Crippen molar-refractivity contribution in [3.63, 3.8) is 0 Å². The van der Waals surface area contributed by atoms with Crippen LogP contribution < -0.4 is 5.32 Å². The van der Waals surface area contributed by atoms with Crippen LogP contribution in [0.5, 0.6) is 0 Å². The second kappa shape index (κ2) is 23.9. The molecule has 0 aromatic carbocycles. The van der Waals surface area contributed by atoms with Gasteiger partial charge in [-0.25, -0.2) is 0 Å². The van der Waals surface area contributed by atoms with Gasteiger partial charge in [-0.3, -0.25) is 14.9 Å². The van der Waals surface area contributed by atoms with Crippen LogP contribution in [0.25, 0.3) is 0 Å². The first-order valence-corrected chi connectivity index (χ1v) is 9.10. The lowest BCUT2D eigenvalue weighted by molar-refractivity contribution is -0.141. The van der Waals surface area contributed by atoms with E-state index in [4.69, 9.17) is 23.8 Å². The number of ether oxygens (including phenoxy) is 4. The molecular formula is C15H33N2O8P. The normalized spacial score (nSPS) is 12.2. The second-order valence-electron chi connectivity index (χ2n) is 4.07. The van der Waals surface area contributed by atoms with Gasteiger partial charge in [0.25, 0.3) is 5.91 Å². The van der Waals surface area contributed by atoms with Crippen LogP contribution >= 0.6 is 8.38 Å². The van der Waals surface area contributed by atoms with E-state index in [9.17, 15) is 9.59 Å². The Morgan fingerprint density at radius 1 is 1.23 bits per heavy atom. The highest BCUT2D eigenvalue weighted by Crippen LogP contribution is 2.29. The van der Waals surface area contributed by atoms with Gasteiger partial charge in [-0.05, 0) is 0 Å². The Balaban J connectivity index is -0.000000371. The highest BCUT2D eigenvalue weighted by atomic mass is 31.2. The Labute approximate surface area is 157 Å². The monoisotopic (exact) mass is 400 g/mol. The van der Waals surface area contributed by atoms with Crippen molar-refractivity contribution >= 4 is 20.7 Å². The Morgan fingerprint density at radius 2 is 1.85 bits per heavy atom. The Kier molecular flexibility index (Phi) is 27.2. The van der Waals surface area contributed by atoms with E-state index in [1.807, 2.05) is 19.2 Å². The molecule has 0 saturated carbocycles. The maximum Gasteiger partial charge on any atom is 0.251 e. The van der Waals surface area contributed by atoms with E-state index in [0.717, 1.165) is 0 Å². The Morgan fingerprint density at radius 3 is 2.27 bits per heavy atom. The molecule has 2 amide bonds. The first-order chi connectivity index (χ1) is 12.4. The van der Waals surface area contributed by atoms with E-state index in [2.05, 4.69) is 4.52 Å². The van der Waals surface area contributed by atoms with Gasteiger partial charge < -0.3 is 33.3 Å². The van der Waals surface area contributed by atoms with E-state index >= 15 is 0 Å². The number of hydrogen-bond acceptors (Lipinski definition) is 9. The number of nitrogens with zero attached hydrogens (tertiary/aromatic N) is 1. The average Bonchev–Trinajstić information content (AvgIpc) is 2.65. The van der Waals surface area contributed by atoms with Crippen LogP contribution in [0.3, 0.4) is 0 Å². The van der Waals surface area contributed by atoms with Gasteiger partial charge in [0.1, 0.15) is 13.1 Å². The van der Waals surface area contributed by atoms with E-state index in [1.54, 1.807) is 26.2 Å². The van der Waals surface area contributed by atoms with Gasteiger partial charge in [0, 0.05) is 47.8 Å². The van der Waals surface area contributed by atoms with Crippen LogP contribution in [0, 0.1) is 0 Å². The summed E-state index contributed by atoms with van der Waals surface area (Å²) in [6.07, 6.45) is 2.79. The molecule has 0 aromatic heterocycles. The summed E-state index contributed by atoms with van der Waals surface area (Å²) < 4.78 is 24.2. The molecule has 0 heterocycles. The van der Waals surface area contributed by atoms with Gasteiger partial charge >= 0.3 is 0 Å². The summed E-state index contributed by atoms with van der Waals surface area (Å²) >= 11 is 0. The van der Waals surface area contributed by atoms with Crippen molar-refractivity contribution in [1.82, 2.24) is 10.2 Å². The van der Waals surface area contributed by atoms with Crippen LogP contribution in [0.2, 0.25) is 0 Å². The van der Waals surface area contributed by atoms with Gasteiger partial charge in [-0.15, -0.1) is 0 Å². The molecule has 10 nitrogen and oxygen atoms in total. The molecule has 2 N–H and O–H groups in total. The molecule has 0 rings (SSSR count). The Hall–Kier alpha value is -1.13. The first-order valence-electron chi connectivity index (χ1n) is 7.70. The van der Waals surface area contributed by atoms with Crippen molar-refractivity contribution in [1.29, 1.82) is 0 Å². The SMILES string of the molecule is CC.COCC(OC)OCP(O)OC.COCN(C)/C=C\C(=O)NC=O. The molecule has 26 heavy (non-hydrogen) atoms. The maximum absolute atomic E-state index is 10.7. The molecule has 2 atom stereocenters. The van der Waals surface area contributed by atoms with Crippen molar-refractivity contribution in [2.24, 2.45) is 0 Å². The third-order valence-corrected chi connectivity index (χ3v) is 2.95. The van der Waals surface area contributed by atoms with Crippen LogP contribution in [0.4, 0.5) is 0 Å². The zero-order valence-electron chi connectivity index (χ0n) is 16.6. The molecule has 0 aliphatic heterocycles. The summed E-state index contributed by atoms with van der Waals surface area (Å²) in [4.78, 5) is 31.1. The lowest BCUT2D eigenvalue weighted by Gasteiger charge is -2.16. The Bertz CT molecular complexity index is 348. The van der Waals surface area contributed by atoms with Gasteiger partial charge in [0.2, 0.25) is 6.41 Å². The van der Waals surface area contributed by atoms with Crippen LogP contribution in [-0.4, -0.2) is 83.6 Å². The van der Waals surface area contributed by atoms with Crippen molar-refractivity contribution in [3.8, 4) is 0 Å². The number of hydrogen-bond donors (Lipinski definition) is 2. The minimum absolute atomic E-state index is 0.133. The summed E-state index contributed by atoms with van der Waals surface area (Å²) in [6, 6.07) is 0. The number of carbonyl (C=O) groups excluding carboxylic acids is 2. The lowest BCUT2D eigenvalue weighted by atomic mass is 10.5. The lowest BCUT2D eigenvalue weighted by Crippen LogP contribution is -2.21. The summed E-state index contributed by atoms with van der Waals surface area (Å²) in [5, 5.41) is 1.97. The molecule has 2 unspecified atom stereocenters. The number of rotatable bonds is 12. The predicted molar refractivity (Wildman–Crippen MR) is 99.1 cm³/mol. The summed E-state index contributed by atoms with van der Waals surface area (Å²) in [5.74, 6) is -0.451. The van der Waals surface area contributed by atoms with Gasteiger partial charge in [0.15, 0.2) is 14.7 Å². The van der Waals surface area contributed by atoms with E-state index in [-0.39, 0.29) is 6.35 Å². The largest absolute Gasteiger partial charge is 0.379 e. The van der Waals surface area contributed by atoms with Crippen LogP contribution in [0.15, 0.2) is 12.3 Å². The number of amides is 2. The molecule has 0 saturated heterocycles. The highest BCUT2D eigenvalue weighted by Gasteiger charge is 2.10. The summed E-state index contributed by atoms with van der Waals surface area (Å²) in [6.45, 7) is 4.73. The first kappa shape index (κ1) is 29.6. The molecule has 0 aliphatic rings. The fourth-order valence-corrected chi connectivity index (χ4v) is 1.47. The third-order valence-electron chi connectivity index (χ3n) is 2.16. The minimum atomic E-state index is -1.49. The van der Waals surface area contributed by atoms with Crippen molar-refractivity contribution in [2.75, 3.05) is 55.2 Å². The predicted octanol–water partition coefficient (Wildman–Crippen LogP) is 0.865. The number of imide groups is 1. The average molecular weight is 400 g/mol. The highest BCUT2D eigenvalue weighted by molar-refractivity contribution is 7.45. The smallest absolute Gasteiger partial charge is 0.251 e. The van der Waals surface area contributed by atoms with Crippen molar-refractivity contribution < 1.29 is 38.0 Å². The zero-order chi connectivity index (χ0) is 20.8. The molecule has 0 aliphatic carbocycles. The molecule has 0 fully saturated rings. The van der Waals surface area contributed by atoms with Crippen molar-refractivity contribution in [3.05, 3.63) is 12.3 Å². The summed E-state index contributed by atoms with van der Waals surface area (Å²) in [5.41, 5.74) is 0. The number of methoxy groups -OCH3 is 3. The topological polar surface area (TPSA) is 116 Å². The molecule has 0 bridgehead atoms. The molecule has 0 radical (unpaired) electrons. The quantitative estimate of drug-likeness (QED) is 0.213. The van der Waals surface area contributed by atoms with Gasteiger partial charge in [-0.1, -0.05) is 13.8 Å². The third kappa shape index (κ3) is 22.9. The molecule has 0 aromatic rings. The van der Waals surface area contributed by atoms with Crippen LogP contribution in [0.1, 0.15) is 13.8 Å².